The van der Waals surface area contributed by atoms with Gasteiger partial charge in [-0.1, -0.05) is 36.4 Å². The average molecular weight is 335 g/mol. The molecule has 3 heterocycles. The van der Waals surface area contributed by atoms with Crippen LogP contribution in [-0.4, -0.2) is 40.8 Å². The third-order valence-electron chi connectivity index (χ3n) is 5.85. The summed E-state index contributed by atoms with van der Waals surface area (Å²) in [6.07, 6.45) is 1.86. The fraction of sp³-hybridized carbons (Fsp3) is 0.429. The number of hydrogen-bond acceptors (Lipinski definition) is 3. The molecule has 1 aromatic carbocycles. The zero-order valence-electron chi connectivity index (χ0n) is 15.0. The Morgan fingerprint density at radius 1 is 1.08 bits per heavy atom. The van der Waals surface area contributed by atoms with Gasteiger partial charge in [0.2, 0.25) is 5.91 Å². The maximum Gasteiger partial charge on any atom is 0.231 e. The summed E-state index contributed by atoms with van der Waals surface area (Å²) in [5.41, 5.74) is 3.24. The van der Waals surface area contributed by atoms with Gasteiger partial charge in [-0.05, 0) is 50.6 Å². The highest BCUT2D eigenvalue weighted by Crippen LogP contribution is 2.55. The van der Waals surface area contributed by atoms with Gasteiger partial charge in [0.05, 0.1) is 17.2 Å². The molecule has 4 heteroatoms. The van der Waals surface area contributed by atoms with Crippen LogP contribution < -0.4 is 0 Å². The second-order valence-corrected chi connectivity index (χ2v) is 7.43. The molecule has 1 amide bonds. The van der Waals surface area contributed by atoms with Gasteiger partial charge in [0.1, 0.15) is 0 Å². The maximum atomic E-state index is 12.7. The molecule has 0 unspecified atom stereocenters. The molecule has 130 valence electrons. The number of aromatic nitrogens is 1. The average Bonchev–Trinajstić information content (AvgIpc) is 2.64. The fourth-order valence-electron chi connectivity index (χ4n) is 4.58. The van der Waals surface area contributed by atoms with E-state index in [9.17, 15) is 4.79 Å². The summed E-state index contributed by atoms with van der Waals surface area (Å²) >= 11 is 0. The Hall–Kier alpha value is -2.20. The van der Waals surface area contributed by atoms with Crippen LogP contribution in [0.1, 0.15) is 35.8 Å². The number of β-lactam (4-membered cyclic amide) rings is 1. The molecule has 0 saturated carbocycles. The van der Waals surface area contributed by atoms with E-state index >= 15 is 0 Å². The highest BCUT2D eigenvalue weighted by atomic mass is 16.2. The van der Waals surface area contributed by atoms with E-state index in [1.54, 1.807) is 0 Å². The van der Waals surface area contributed by atoms with Crippen LogP contribution in [0.2, 0.25) is 0 Å². The van der Waals surface area contributed by atoms with Gasteiger partial charge in [-0.25, -0.2) is 0 Å². The van der Waals surface area contributed by atoms with Crippen molar-refractivity contribution in [3.63, 3.8) is 0 Å². The van der Waals surface area contributed by atoms with E-state index in [2.05, 4.69) is 46.3 Å². The molecule has 0 N–H and O–H groups in total. The second kappa shape index (κ2) is 6.26. The zero-order valence-corrected chi connectivity index (χ0v) is 15.0. The minimum atomic E-state index is -0.202. The maximum absolute atomic E-state index is 12.7. The smallest absolute Gasteiger partial charge is 0.231 e. The van der Waals surface area contributed by atoms with Crippen molar-refractivity contribution >= 4 is 5.91 Å². The number of amides is 1. The molecule has 0 bridgehead atoms. The van der Waals surface area contributed by atoms with E-state index in [0.29, 0.717) is 5.91 Å². The highest BCUT2D eigenvalue weighted by Gasteiger charge is 2.59. The quantitative estimate of drug-likeness (QED) is 0.808. The molecule has 25 heavy (non-hydrogen) atoms. The number of pyridine rings is 1. The summed E-state index contributed by atoms with van der Waals surface area (Å²) in [5.74, 6) is 0.315. The number of hydrogen-bond donors (Lipinski definition) is 0. The van der Waals surface area contributed by atoms with E-state index < -0.39 is 0 Å². The first-order chi connectivity index (χ1) is 12.1. The summed E-state index contributed by atoms with van der Waals surface area (Å²) in [6.45, 7) is 4.82. The minimum absolute atomic E-state index is 0.202. The van der Waals surface area contributed by atoms with Crippen molar-refractivity contribution in [3.8, 4) is 0 Å². The largest absolute Gasteiger partial charge is 0.337 e. The predicted octanol–water partition coefficient (Wildman–Crippen LogP) is 3.19. The van der Waals surface area contributed by atoms with E-state index in [1.807, 2.05) is 31.0 Å². The molecule has 4 rings (SSSR count). The van der Waals surface area contributed by atoms with Gasteiger partial charge in [-0.3, -0.25) is 14.7 Å². The van der Waals surface area contributed by atoms with Crippen LogP contribution in [0.4, 0.5) is 0 Å². The second-order valence-electron chi connectivity index (χ2n) is 7.43. The Balaban J connectivity index is 1.47. The molecule has 2 aliphatic heterocycles. The number of carbonyl (C=O) groups is 1. The minimum Gasteiger partial charge on any atom is -0.337 e. The van der Waals surface area contributed by atoms with Crippen molar-refractivity contribution in [2.45, 2.75) is 32.4 Å². The number of piperidine rings is 1. The van der Waals surface area contributed by atoms with Crippen molar-refractivity contribution in [1.29, 1.82) is 0 Å². The summed E-state index contributed by atoms with van der Waals surface area (Å²) in [5, 5.41) is 0. The van der Waals surface area contributed by atoms with E-state index in [-0.39, 0.29) is 11.5 Å². The van der Waals surface area contributed by atoms with Crippen LogP contribution in [-0.2, 0) is 11.3 Å². The van der Waals surface area contributed by atoms with Gasteiger partial charge in [-0.2, -0.15) is 0 Å². The first-order valence-corrected chi connectivity index (χ1v) is 9.07. The topological polar surface area (TPSA) is 36.4 Å². The summed E-state index contributed by atoms with van der Waals surface area (Å²) < 4.78 is 0. The lowest BCUT2D eigenvalue weighted by Gasteiger charge is -2.58. The SMILES string of the molecule is Cc1cccc(CN2CCC3(CC2)C(=O)N(C)[C@@H]3c2ccccc2)n1. The number of carbonyl (C=O) groups excluding carboxylic acids is 1. The molecule has 2 saturated heterocycles. The van der Waals surface area contributed by atoms with Crippen LogP contribution in [0.15, 0.2) is 48.5 Å². The third kappa shape index (κ3) is 2.74. The number of nitrogens with zero attached hydrogens (tertiary/aromatic N) is 3. The Kier molecular flexibility index (Phi) is 4.08. The molecule has 2 aromatic rings. The molecule has 1 spiro atoms. The van der Waals surface area contributed by atoms with Crippen LogP contribution in [0.25, 0.3) is 0 Å². The molecule has 0 radical (unpaired) electrons. The molecule has 4 nitrogen and oxygen atoms in total. The van der Waals surface area contributed by atoms with E-state index in [0.717, 1.165) is 43.9 Å². The summed E-state index contributed by atoms with van der Waals surface area (Å²) in [4.78, 5) is 21.7. The number of aryl methyl sites for hydroxylation is 1. The van der Waals surface area contributed by atoms with Crippen LogP contribution >= 0.6 is 0 Å². The lowest BCUT2D eigenvalue weighted by atomic mass is 9.62. The lowest BCUT2D eigenvalue weighted by Crippen LogP contribution is -2.64. The Morgan fingerprint density at radius 3 is 2.48 bits per heavy atom. The van der Waals surface area contributed by atoms with Gasteiger partial charge in [0, 0.05) is 19.3 Å². The van der Waals surface area contributed by atoms with E-state index in [1.165, 1.54) is 5.56 Å². The van der Waals surface area contributed by atoms with E-state index in [4.69, 9.17) is 0 Å². The van der Waals surface area contributed by atoms with Crippen LogP contribution in [0, 0.1) is 12.3 Å². The molecular formula is C21H25N3O. The van der Waals surface area contributed by atoms with Crippen molar-refractivity contribution in [2.75, 3.05) is 20.1 Å². The number of benzene rings is 1. The summed E-state index contributed by atoms with van der Waals surface area (Å²) in [7, 11) is 1.94. The monoisotopic (exact) mass is 335 g/mol. The normalized spacial score (nSPS) is 22.9. The van der Waals surface area contributed by atoms with Crippen LogP contribution in [0.5, 0.6) is 0 Å². The molecular weight excluding hydrogens is 310 g/mol. The zero-order chi connectivity index (χ0) is 17.4. The van der Waals surface area contributed by atoms with Gasteiger partial charge in [0.25, 0.3) is 0 Å². The predicted molar refractivity (Wildman–Crippen MR) is 97.9 cm³/mol. The Labute approximate surface area is 149 Å². The van der Waals surface area contributed by atoms with Gasteiger partial charge in [0.15, 0.2) is 0 Å². The lowest BCUT2D eigenvalue weighted by molar-refractivity contribution is -0.176. The standard InChI is InChI=1S/C21H25N3O/c1-16-7-6-10-18(22-16)15-24-13-11-21(12-14-24)19(23(2)20(21)25)17-8-4-3-5-9-17/h3-10,19H,11-15H2,1-2H3/t19-/m1/s1. The van der Waals surface area contributed by atoms with Gasteiger partial charge in [-0.15, -0.1) is 0 Å². The van der Waals surface area contributed by atoms with Crippen molar-refractivity contribution < 1.29 is 4.79 Å². The fourth-order valence-corrected chi connectivity index (χ4v) is 4.58. The first kappa shape index (κ1) is 16.3. The number of likely N-dealkylation sites (tertiary alicyclic amines) is 2. The molecule has 2 fully saturated rings. The molecule has 1 atom stereocenters. The molecule has 2 aliphatic rings. The third-order valence-corrected chi connectivity index (χ3v) is 5.85. The molecule has 0 aliphatic carbocycles. The van der Waals surface area contributed by atoms with Gasteiger partial charge < -0.3 is 4.90 Å². The Morgan fingerprint density at radius 2 is 1.80 bits per heavy atom. The Bertz CT molecular complexity index is 766. The van der Waals surface area contributed by atoms with Crippen molar-refractivity contribution in [2.24, 2.45) is 5.41 Å². The highest BCUT2D eigenvalue weighted by molar-refractivity contribution is 5.90. The summed E-state index contributed by atoms with van der Waals surface area (Å²) in [6, 6.07) is 16.9. The van der Waals surface area contributed by atoms with Crippen molar-refractivity contribution in [1.82, 2.24) is 14.8 Å². The first-order valence-electron chi connectivity index (χ1n) is 9.07. The van der Waals surface area contributed by atoms with Crippen LogP contribution in [0.3, 0.4) is 0 Å². The van der Waals surface area contributed by atoms with Crippen molar-refractivity contribution in [3.05, 3.63) is 65.5 Å². The van der Waals surface area contributed by atoms with Gasteiger partial charge >= 0.3 is 0 Å². The molecule has 1 aromatic heterocycles. The number of rotatable bonds is 3.